The lowest BCUT2D eigenvalue weighted by atomic mass is 9.99. The predicted octanol–water partition coefficient (Wildman–Crippen LogP) is 4.89. The maximum Gasteiger partial charge on any atom is 0.135 e. The highest BCUT2D eigenvalue weighted by molar-refractivity contribution is 5.80. The van der Waals surface area contributed by atoms with Crippen LogP contribution in [0.2, 0.25) is 0 Å². The number of Topliss-reactive ketones (excluding diaryl/α,β-unsaturated/α-hetero) is 1. The second-order valence-corrected chi connectivity index (χ2v) is 7.57. The molecule has 1 aliphatic heterocycles. The summed E-state index contributed by atoms with van der Waals surface area (Å²) >= 11 is 0. The number of hydrogen-bond donors (Lipinski definition) is 0. The molecule has 0 N–H and O–H groups in total. The Kier molecular flexibility index (Phi) is 10.7. The largest absolute Gasteiger partial charge is 0.303 e. The minimum atomic E-state index is 0.270. The number of ketones is 1. The van der Waals surface area contributed by atoms with E-state index >= 15 is 0 Å². The van der Waals surface area contributed by atoms with Crippen LogP contribution in [-0.4, -0.2) is 40.1 Å². The van der Waals surface area contributed by atoms with E-state index in [0.29, 0.717) is 11.7 Å². The third kappa shape index (κ3) is 8.66. The highest BCUT2D eigenvalue weighted by Gasteiger charge is 2.13. The number of nitrogens with zero attached hydrogens (tertiary/aromatic N) is 3. The fourth-order valence-electron chi connectivity index (χ4n) is 2.98. The molecular weight excluding hydrogens is 310 g/mol. The quantitative estimate of drug-likeness (QED) is 0.670. The number of rotatable bonds is 8. The van der Waals surface area contributed by atoms with Crippen molar-refractivity contribution in [3.05, 3.63) is 18.0 Å². The molecule has 0 bridgehead atoms. The second-order valence-electron chi connectivity index (χ2n) is 7.57. The van der Waals surface area contributed by atoms with E-state index in [-0.39, 0.29) is 5.92 Å². The molecule has 4 nitrogen and oxygen atoms in total. The van der Waals surface area contributed by atoms with Crippen molar-refractivity contribution < 1.29 is 4.79 Å². The van der Waals surface area contributed by atoms with Crippen LogP contribution in [-0.2, 0) is 11.3 Å². The van der Waals surface area contributed by atoms with E-state index in [4.69, 9.17) is 0 Å². The van der Waals surface area contributed by atoms with E-state index in [1.165, 1.54) is 37.9 Å². The summed E-state index contributed by atoms with van der Waals surface area (Å²) in [4.78, 5) is 14.1. The minimum absolute atomic E-state index is 0.270. The van der Waals surface area contributed by atoms with Gasteiger partial charge in [-0.2, -0.15) is 5.10 Å². The Morgan fingerprint density at radius 3 is 2.32 bits per heavy atom. The van der Waals surface area contributed by atoms with Crippen molar-refractivity contribution in [2.24, 2.45) is 5.92 Å². The maximum atomic E-state index is 11.6. The molecule has 1 unspecified atom stereocenters. The number of carbonyl (C=O) groups is 1. The van der Waals surface area contributed by atoms with Crippen LogP contribution in [0.5, 0.6) is 0 Å². The summed E-state index contributed by atoms with van der Waals surface area (Å²) in [5.74, 6) is 1.32. The molecule has 0 radical (unpaired) electrons. The van der Waals surface area contributed by atoms with Gasteiger partial charge >= 0.3 is 0 Å². The average molecular weight is 350 g/mol. The van der Waals surface area contributed by atoms with Gasteiger partial charge in [-0.3, -0.25) is 9.48 Å². The number of aromatic nitrogens is 2. The van der Waals surface area contributed by atoms with Crippen LogP contribution in [0.1, 0.15) is 84.6 Å². The van der Waals surface area contributed by atoms with Crippen LogP contribution >= 0.6 is 0 Å². The summed E-state index contributed by atoms with van der Waals surface area (Å²) in [7, 11) is 0. The number of piperidine rings is 1. The number of likely N-dealkylation sites (tertiary alicyclic amines) is 1. The van der Waals surface area contributed by atoms with Gasteiger partial charge in [0.15, 0.2) is 0 Å². The predicted molar refractivity (Wildman–Crippen MR) is 106 cm³/mol. The van der Waals surface area contributed by atoms with E-state index < -0.39 is 0 Å². The molecule has 1 fully saturated rings. The molecule has 0 aliphatic carbocycles. The van der Waals surface area contributed by atoms with Crippen molar-refractivity contribution >= 4 is 5.78 Å². The van der Waals surface area contributed by atoms with E-state index in [1.807, 2.05) is 17.8 Å². The highest BCUT2D eigenvalue weighted by atomic mass is 16.1. The molecule has 1 atom stereocenters. The molecule has 1 aromatic rings. The normalized spacial score (nSPS) is 16.4. The Hall–Kier alpha value is -1.16. The van der Waals surface area contributed by atoms with Gasteiger partial charge in [0.1, 0.15) is 5.78 Å². The van der Waals surface area contributed by atoms with Crippen molar-refractivity contribution in [3.8, 4) is 0 Å². The molecule has 4 heteroatoms. The summed E-state index contributed by atoms with van der Waals surface area (Å²) in [6.07, 6.45) is 11.0. The molecule has 0 spiro atoms. The molecule has 1 aliphatic rings. The van der Waals surface area contributed by atoms with Crippen LogP contribution in [0.15, 0.2) is 12.4 Å². The van der Waals surface area contributed by atoms with E-state index in [9.17, 15) is 4.79 Å². The molecule has 144 valence electrons. The molecule has 25 heavy (non-hydrogen) atoms. The van der Waals surface area contributed by atoms with Gasteiger partial charge in [-0.15, -0.1) is 0 Å². The lowest BCUT2D eigenvalue weighted by Crippen LogP contribution is -2.31. The SMILES string of the molecule is CCC(C)C(=O)CCCN1CCCCC1.CCn1cc(C(C)C)cn1. The molecule has 0 amide bonds. The van der Waals surface area contributed by atoms with Crippen LogP contribution in [0, 0.1) is 5.92 Å². The molecular formula is C21H39N3O. The van der Waals surface area contributed by atoms with Gasteiger partial charge in [0.2, 0.25) is 0 Å². The summed E-state index contributed by atoms with van der Waals surface area (Å²) < 4.78 is 1.95. The Balaban J connectivity index is 0.000000271. The number of aryl methyl sites for hydroxylation is 1. The Labute approximate surface area is 155 Å². The Morgan fingerprint density at radius 1 is 1.16 bits per heavy atom. The zero-order valence-corrected chi connectivity index (χ0v) is 17.1. The molecule has 1 aromatic heterocycles. The highest BCUT2D eigenvalue weighted by Crippen LogP contribution is 2.12. The molecule has 0 saturated carbocycles. The first-order valence-corrected chi connectivity index (χ1v) is 10.2. The minimum Gasteiger partial charge on any atom is -0.303 e. The van der Waals surface area contributed by atoms with Gasteiger partial charge in [-0.25, -0.2) is 0 Å². The first kappa shape index (κ1) is 21.9. The smallest absolute Gasteiger partial charge is 0.135 e. The van der Waals surface area contributed by atoms with Gasteiger partial charge in [0.05, 0.1) is 6.20 Å². The van der Waals surface area contributed by atoms with Crippen LogP contribution in [0.4, 0.5) is 0 Å². The van der Waals surface area contributed by atoms with Crippen molar-refractivity contribution in [1.82, 2.24) is 14.7 Å². The fraction of sp³-hybridized carbons (Fsp3) is 0.810. The van der Waals surface area contributed by atoms with E-state index in [2.05, 4.69) is 43.9 Å². The zero-order chi connectivity index (χ0) is 18.7. The first-order chi connectivity index (χ1) is 12.0. The molecule has 1 saturated heterocycles. The van der Waals surface area contributed by atoms with Crippen molar-refractivity contribution in [1.29, 1.82) is 0 Å². The summed E-state index contributed by atoms with van der Waals surface area (Å²) in [6, 6.07) is 0. The monoisotopic (exact) mass is 349 g/mol. The topological polar surface area (TPSA) is 38.1 Å². The van der Waals surface area contributed by atoms with Crippen molar-refractivity contribution in [2.75, 3.05) is 19.6 Å². The second kappa shape index (κ2) is 12.2. The van der Waals surface area contributed by atoms with Crippen LogP contribution in [0.25, 0.3) is 0 Å². The summed E-state index contributed by atoms with van der Waals surface area (Å²) in [6.45, 7) is 15.2. The van der Waals surface area contributed by atoms with Crippen LogP contribution < -0.4 is 0 Å². The van der Waals surface area contributed by atoms with Crippen LogP contribution in [0.3, 0.4) is 0 Å². The van der Waals surface area contributed by atoms with Crippen molar-refractivity contribution in [2.45, 2.75) is 85.6 Å². The van der Waals surface area contributed by atoms with Gasteiger partial charge in [-0.1, -0.05) is 34.1 Å². The van der Waals surface area contributed by atoms with Gasteiger partial charge in [0.25, 0.3) is 0 Å². The lowest BCUT2D eigenvalue weighted by Gasteiger charge is -2.26. The molecule has 2 rings (SSSR count). The Morgan fingerprint density at radius 2 is 1.84 bits per heavy atom. The van der Waals surface area contributed by atoms with E-state index in [0.717, 1.165) is 32.4 Å². The Bertz CT molecular complexity index is 475. The van der Waals surface area contributed by atoms with Gasteiger partial charge in [0, 0.05) is 25.1 Å². The third-order valence-electron chi connectivity index (χ3n) is 5.15. The molecule has 2 heterocycles. The maximum absolute atomic E-state index is 11.6. The standard InChI is InChI=1S/C13H25NO.C8H14N2/c1-3-12(2)13(15)8-7-11-14-9-5-4-6-10-14;1-4-10-6-8(5-9-10)7(2)3/h12H,3-11H2,1-2H3;5-7H,4H2,1-3H3. The summed E-state index contributed by atoms with van der Waals surface area (Å²) in [5.41, 5.74) is 1.32. The summed E-state index contributed by atoms with van der Waals surface area (Å²) in [5, 5.41) is 4.17. The lowest BCUT2D eigenvalue weighted by molar-refractivity contribution is -0.122. The fourth-order valence-corrected chi connectivity index (χ4v) is 2.98. The van der Waals surface area contributed by atoms with E-state index in [1.54, 1.807) is 0 Å². The number of hydrogen-bond acceptors (Lipinski definition) is 3. The van der Waals surface area contributed by atoms with Crippen molar-refractivity contribution in [3.63, 3.8) is 0 Å². The zero-order valence-electron chi connectivity index (χ0n) is 17.1. The van der Waals surface area contributed by atoms with Gasteiger partial charge < -0.3 is 4.90 Å². The average Bonchev–Trinajstić information content (AvgIpc) is 3.12. The first-order valence-electron chi connectivity index (χ1n) is 10.2. The molecule has 0 aromatic carbocycles. The van der Waals surface area contributed by atoms with Gasteiger partial charge in [-0.05, 0) is 63.7 Å². The third-order valence-corrected chi connectivity index (χ3v) is 5.15. The number of carbonyl (C=O) groups excluding carboxylic acids is 1.